The van der Waals surface area contributed by atoms with Crippen LogP contribution < -0.4 is 5.32 Å². The van der Waals surface area contributed by atoms with E-state index in [4.69, 9.17) is 15.3 Å². The van der Waals surface area contributed by atoms with Gasteiger partial charge in [0.2, 0.25) is 5.91 Å². The molecule has 0 spiro atoms. The van der Waals surface area contributed by atoms with Gasteiger partial charge in [-0.25, -0.2) is 0 Å². The lowest BCUT2D eigenvalue weighted by Gasteiger charge is -2.12. The Morgan fingerprint density at radius 2 is 1.77 bits per heavy atom. The molecule has 0 rings (SSSR count). The number of nitrogens with one attached hydrogen (secondary N) is 1. The van der Waals surface area contributed by atoms with Crippen molar-refractivity contribution in [2.75, 3.05) is 19.8 Å². The number of hydrogen-bond donors (Lipinski definition) is 4. The van der Waals surface area contributed by atoms with Crippen LogP contribution >= 0.6 is 0 Å². The number of hydrogen-bond acceptors (Lipinski definition) is 4. The number of carbonyl (C=O) groups is 1. The fraction of sp³-hybridized carbons (Fsp3) is 0.875. The molecule has 0 atom stereocenters. The molecule has 0 aliphatic heterocycles. The Kier molecular flexibility index (Phi) is 7.57. The van der Waals surface area contributed by atoms with E-state index in [0.29, 0.717) is 19.3 Å². The van der Waals surface area contributed by atoms with E-state index in [1.165, 1.54) is 0 Å². The van der Waals surface area contributed by atoms with E-state index in [2.05, 4.69) is 5.32 Å². The third kappa shape index (κ3) is 6.51. The summed E-state index contributed by atoms with van der Waals surface area (Å²) in [5.74, 6) is -0.207. The molecular formula is C8H17NO4. The van der Waals surface area contributed by atoms with Gasteiger partial charge in [0.15, 0.2) is 0 Å². The van der Waals surface area contributed by atoms with Gasteiger partial charge in [-0.2, -0.15) is 0 Å². The van der Waals surface area contributed by atoms with Crippen LogP contribution in [0.25, 0.3) is 0 Å². The minimum atomic E-state index is -0.568. The third-order valence-corrected chi connectivity index (χ3v) is 1.62. The molecule has 0 aromatic carbocycles. The van der Waals surface area contributed by atoms with Crippen molar-refractivity contribution < 1.29 is 20.1 Å². The smallest absolute Gasteiger partial charge is 0.220 e. The second-order valence-corrected chi connectivity index (χ2v) is 2.81. The quantitative estimate of drug-likeness (QED) is 0.373. The van der Waals surface area contributed by atoms with Gasteiger partial charge in [0.1, 0.15) is 0 Å². The number of aliphatic hydroxyl groups excluding tert-OH is 3. The van der Waals surface area contributed by atoms with Crippen LogP contribution in [0.3, 0.4) is 0 Å². The summed E-state index contributed by atoms with van der Waals surface area (Å²) in [4.78, 5) is 11.0. The van der Waals surface area contributed by atoms with Gasteiger partial charge >= 0.3 is 0 Å². The first kappa shape index (κ1) is 12.3. The third-order valence-electron chi connectivity index (χ3n) is 1.62. The van der Waals surface area contributed by atoms with E-state index in [1.807, 2.05) is 0 Å². The molecule has 0 radical (unpaired) electrons. The van der Waals surface area contributed by atoms with Gasteiger partial charge in [-0.15, -0.1) is 0 Å². The summed E-state index contributed by atoms with van der Waals surface area (Å²) in [5.41, 5.74) is 0. The highest BCUT2D eigenvalue weighted by molar-refractivity contribution is 5.76. The van der Waals surface area contributed by atoms with Crippen LogP contribution in [-0.2, 0) is 4.79 Å². The predicted molar refractivity (Wildman–Crippen MR) is 47.0 cm³/mol. The molecule has 5 heteroatoms. The number of amides is 1. The first-order valence-electron chi connectivity index (χ1n) is 4.36. The fourth-order valence-corrected chi connectivity index (χ4v) is 0.846. The summed E-state index contributed by atoms with van der Waals surface area (Å²) in [6, 6.07) is -0.568. The van der Waals surface area contributed by atoms with Crippen LogP contribution in [0.2, 0.25) is 0 Å². The van der Waals surface area contributed by atoms with E-state index >= 15 is 0 Å². The first-order chi connectivity index (χ1) is 6.24. The summed E-state index contributed by atoms with van der Waals surface area (Å²) in [5, 5.41) is 28.2. The highest BCUT2D eigenvalue weighted by Gasteiger charge is 2.08. The van der Waals surface area contributed by atoms with Crippen LogP contribution in [0.15, 0.2) is 0 Å². The maximum absolute atomic E-state index is 11.0. The van der Waals surface area contributed by atoms with Crippen molar-refractivity contribution in [3.05, 3.63) is 0 Å². The molecule has 13 heavy (non-hydrogen) atoms. The van der Waals surface area contributed by atoms with E-state index < -0.39 is 6.04 Å². The molecule has 0 aromatic rings. The molecule has 0 aliphatic carbocycles. The van der Waals surface area contributed by atoms with Crippen molar-refractivity contribution in [3.63, 3.8) is 0 Å². The van der Waals surface area contributed by atoms with Crippen LogP contribution in [0.5, 0.6) is 0 Å². The van der Waals surface area contributed by atoms with Crippen molar-refractivity contribution in [3.8, 4) is 0 Å². The molecule has 0 saturated heterocycles. The zero-order valence-electron chi connectivity index (χ0n) is 7.57. The van der Waals surface area contributed by atoms with Crippen LogP contribution in [0, 0.1) is 0 Å². The largest absolute Gasteiger partial charge is 0.396 e. The molecule has 1 amide bonds. The summed E-state index contributed by atoms with van der Waals surface area (Å²) >= 11 is 0. The van der Waals surface area contributed by atoms with Gasteiger partial charge in [0, 0.05) is 13.0 Å². The summed E-state index contributed by atoms with van der Waals surface area (Å²) < 4.78 is 0. The minimum Gasteiger partial charge on any atom is -0.396 e. The SMILES string of the molecule is O=C(CCCCO)NC(CO)CO. The van der Waals surface area contributed by atoms with Gasteiger partial charge in [0.25, 0.3) is 0 Å². The van der Waals surface area contributed by atoms with Crippen molar-refractivity contribution >= 4 is 5.91 Å². The van der Waals surface area contributed by atoms with Crippen molar-refractivity contribution in [1.29, 1.82) is 0 Å². The average molecular weight is 191 g/mol. The molecule has 0 saturated carbocycles. The predicted octanol–water partition coefficient (Wildman–Crippen LogP) is -1.38. The molecular weight excluding hydrogens is 174 g/mol. The molecule has 0 bridgehead atoms. The van der Waals surface area contributed by atoms with E-state index in [1.54, 1.807) is 0 Å². The molecule has 0 fully saturated rings. The van der Waals surface area contributed by atoms with Gasteiger partial charge in [-0.1, -0.05) is 0 Å². The molecule has 0 heterocycles. The number of rotatable bonds is 7. The van der Waals surface area contributed by atoms with Gasteiger partial charge in [-0.3, -0.25) is 4.79 Å². The molecule has 0 unspecified atom stereocenters. The number of aliphatic hydroxyl groups is 3. The van der Waals surface area contributed by atoms with Gasteiger partial charge < -0.3 is 20.6 Å². The zero-order chi connectivity index (χ0) is 10.1. The van der Waals surface area contributed by atoms with Crippen molar-refractivity contribution in [2.24, 2.45) is 0 Å². The molecule has 0 aliphatic rings. The zero-order valence-corrected chi connectivity index (χ0v) is 7.57. The lowest BCUT2D eigenvalue weighted by atomic mass is 10.2. The van der Waals surface area contributed by atoms with Crippen LogP contribution in [0.1, 0.15) is 19.3 Å². The first-order valence-corrected chi connectivity index (χ1v) is 4.36. The topological polar surface area (TPSA) is 89.8 Å². The van der Waals surface area contributed by atoms with Crippen molar-refractivity contribution in [1.82, 2.24) is 5.32 Å². The van der Waals surface area contributed by atoms with E-state index in [0.717, 1.165) is 0 Å². The van der Waals surface area contributed by atoms with Crippen LogP contribution in [0.4, 0.5) is 0 Å². The standard InChI is InChI=1S/C8H17NO4/c10-4-2-1-3-8(13)9-7(5-11)6-12/h7,10-12H,1-6H2,(H,9,13). The monoisotopic (exact) mass is 191 g/mol. The molecule has 5 nitrogen and oxygen atoms in total. The van der Waals surface area contributed by atoms with E-state index in [-0.39, 0.29) is 25.7 Å². The minimum absolute atomic E-state index is 0.0801. The highest BCUT2D eigenvalue weighted by atomic mass is 16.3. The van der Waals surface area contributed by atoms with Gasteiger partial charge in [-0.05, 0) is 12.8 Å². The highest BCUT2D eigenvalue weighted by Crippen LogP contribution is 1.94. The Bertz CT molecular complexity index is 136. The normalized spacial score (nSPS) is 10.5. The molecule has 4 N–H and O–H groups in total. The molecule has 0 aromatic heterocycles. The van der Waals surface area contributed by atoms with Crippen LogP contribution in [-0.4, -0.2) is 47.1 Å². The lowest BCUT2D eigenvalue weighted by Crippen LogP contribution is -2.39. The second kappa shape index (κ2) is 7.97. The summed E-state index contributed by atoms with van der Waals surface area (Å²) in [6.07, 6.45) is 1.53. The lowest BCUT2D eigenvalue weighted by molar-refractivity contribution is -0.122. The molecule has 78 valence electrons. The summed E-state index contributed by atoms with van der Waals surface area (Å²) in [6.45, 7) is -0.443. The summed E-state index contributed by atoms with van der Waals surface area (Å²) in [7, 11) is 0. The fourth-order valence-electron chi connectivity index (χ4n) is 0.846. The Hall–Kier alpha value is -0.650. The maximum atomic E-state index is 11.0. The van der Waals surface area contributed by atoms with Gasteiger partial charge in [0.05, 0.1) is 19.3 Å². The Morgan fingerprint density at radius 1 is 1.15 bits per heavy atom. The van der Waals surface area contributed by atoms with E-state index in [9.17, 15) is 4.79 Å². The maximum Gasteiger partial charge on any atom is 0.220 e. The van der Waals surface area contributed by atoms with Crippen molar-refractivity contribution in [2.45, 2.75) is 25.3 Å². The Balaban J connectivity index is 3.48. The average Bonchev–Trinajstić information content (AvgIpc) is 2.14. The number of carbonyl (C=O) groups excluding carboxylic acids is 1. The number of unbranched alkanes of at least 4 members (excludes halogenated alkanes) is 1. The Morgan fingerprint density at radius 3 is 2.23 bits per heavy atom. The Labute approximate surface area is 77.4 Å². The second-order valence-electron chi connectivity index (χ2n) is 2.81.